The van der Waals surface area contributed by atoms with Crippen molar-refractivity contribution in [3.63, 3.8) is 0 Å². The number of aromatic amines is 1. The van der Waals surface area contributed by atoms with E-state index in [0.29, 0.717) is 28.4 Å². The smallest absolute Gasteiger partial charge is 0.313 e. The van der Waals surface area contributed by atoms with Crippen molar-refractivity contribution in [1.29, 1.82) is 0 Å². The summed E-state index contributed by atoms with van der Waals surface area (Å²) in [6.07, 6.45) is 2.10. The molecule has 7 nitrogen and oxygen atoms in total. The lowest BCUT2D eigenvalue weighted by atomic mass is 9.99. The van der Waals surface area contributed by atoms with Crippen molar-refractivity contribution in [1.82, 2.24) is 19.5 Å². The van der Waals surface area contributed by atoms with Crippen LogP contribution in [0.4, 0.5) is 14.9 Å². The van der Waals surface area contributed by atoms with Gasteiger partial charge in [0.25, 0.3) is 5.56 Å². The van der Waals surface area contributed by atoms with E-state index in [1.165, 1.54) is 23.7 Å². The molecule has 1 unspecified atom stereocenters. The molecule has 2 aliphatic rings. The summed E-state index contributed by atoms with van der Waals surface area (Å²) in [7, 11) is 0. The van der Waals surface area contributed by atoms with Gasteiger partial charge >= 0.3 is 6.03 Å². The first-order valence-corrected chi connectivity index (χ1v) is 10.3. The molecule has 10 heteroatoms. The fourth-order valence-electron chi connectivity index (χ4n) is 4.19. The molecule has 2 atom stereocenters. The predicted octanol–water partition coefficient (Wildman–Crippen LogP) is 3.98. The molecule has 0 saturated carbocycles. The third-order valence-electron chi connectivity index (χ3n) is 5.44. The maximum atomic E-state index is 14.7. The summed E-state index contributed by atoms with van der Waals surface area (Å²) < 4.78 is 18.8. The molecule has 1 aromatic carbocycles. The molecule has 4 heterocycles. The van der Waals surface area contributed by atoms with Crippen LogP contribution < -0.4 is 10.9 Å². The summed E-state index contributed by atoms with van der Waals surface area (Å²) in [5.41, 5.74) is 2.39. The number of carbonyl (C=O) groups is 1. The average Bonchev–Trinajstić information content (AvgIpc) is 3.32. The molecule has 0 aliphatic carbocycles. The number of benzene rings is 1. The third kappa shape index (κ3) is 3.10. The van der Waals surface area contributed by atoms with Gasteiger partial charge in [-0.25, -0.2) is 14.3 Å². The van der Waals surface area contributed by atoms with E-state index in [-0.39, 0.29) is 23.3 Å². The second kappa shape index (κ2) is 6.93. The lowest BCUT2D eigenvalue weighted by Crippen LogP contribution is -2.45. The summed E-state index contributed by atoms with van der Waals surface area (Å²) in [6, 6.07) is 5.27. The number of nitrogens with zero attached hydrogens (tertiary/aromatic N) is 3. The van der Waals surface area contributed by atoms with E-state index in [1.54, 1.807) is 22.4 Å². The molecule has 0 radical (unpaired) electrons. The van der Waals surface area contributed by atoms with Gasteiger partial charge in [0, 0.05) is 23.1 Å². The van der Waals surface area contributed by atoms with E-state index >= 15 is 0 Å². The summed E-state index contributed by atoms with van der Waals surface area (Å²) in [6.45, 7) is 0. The quantitative estimate of drug-likeness (QED) is 0.642. The van der Waals surface area contributed by atoms with Crippen LogP contribution in [0, 0.1) is 5.82 Å². The van der Waals surface area contributed by atoms with Gasteiger partial charge in [0.15, 0.2) is 0 Å². The van der Waals surface area contributed by atoms with Crippen LogP contribution in [0.1, 0.15) is 30.1 Å². The number of fused-ring (bicyclic) bond motifs is 4. The first-order chi connectivity index (χ1) is 14.0. The fourth-order valence-corrected chi connectivity index (χ4v) is 4.97. The van der Waals surface area contributed by atoms with Crippen molar-refractivity contribution in [2.45, 2.75) is 31.3 Å². The summed E-state index contributed by atoms with van der Waals surface area (Å²) >= 11 is 7.55. The molecule has 148 valence electrons. The van der Waals surface area contributed by atoms with Crippen LogP contribution in [0.3, 0.4) is 0 Å². The second-order valence-electron chi connectivity index (χ2n) is 7.13. The Labute approximate surface area is 173 Å². The van der Waals surface area contributed by atoms with Crippen LogP contribution >= 0.6 is 23.1 Å². The summed E-state index contributed by atoms with van der Waals surface area (Å²) in [5.74, 6) is -0.585. The highest BCUT2D eigenvalue weighted by Crippen LogP contribution is 2.42. The Morgan fingerprint density at radius 3 is 3.00 bits per heavy atom. The Morgan fingerprint density at radius 2 is 2.21 bits per heavy atom. The number of anilines is 1. The Kier molecular flexibility index (Phi) is 4.36. The molecule has 2 aromatic heterocycles. The average molecular weight is 432 g/mol. The molecule has 2 N–H and O–H groups in total. The van der Waals surface area contributed by atoms with Crippen LogP contribution in [0.25, 0.3) is 11.3 Å². The Balaban J connectivity index is 1.42. The van der Waals surface area contributed by atoms with Gasteiger partial charge in [-0.05, 0) is 54.6 Å². The van der Waals surface area contributed by atoms with E-state index in [1.807, 2.05) is 0 Å². The van der Waals surface area contributed by atoms with Crippen molar-refractivity contribution < 1.29 is 9.18 Å². The second-order valence-corrected chi connectivity index (χ2v) is 8.20. The Hall–Kier alpha value is -2.78. The van der Waals surface area contributed by atoms with Gasteiger partial charge in [-0.15, -0.1) is 0 Å². The van der Waals surface area contributed by atoms with Crippen LogP contribution in [0.2, 0.25) is 5.02 Å². The van der Waals surface area contributed by atoms with Gasteiger partial charge in [-0.2, -0.15) is 9.47 Å². The number of urea groups is 1. The number of hydrogen-bond acceptors (Lipinski definition) is 5. The first-order valence-electron chi connectivity index (χ1n) is 9.09. The van der Waals surface area contributed by atoms with Crippen molar-refractivity contribution in [3.05, 3.63) is 62.1 Å². The molecule has 1 fully saturated rings. The van der Waals surface area contributed by atoms with Crippen molar-refractivity contribution in [2.24, 2.45) is 0 Å². The predicted molar refractivity (Wildman–Crippen MR) is 108 cm³/mol. The summed E-state index contributed by atoms with van der Waals surface area (Å²) in [4.78, 5) is 26.2. The molecule has 3 aromatic rings. The molecular formula is C19H15ClFN5O2S. The lowest BCUT2D eigenvalue weighted by Gasteiger charge is -2.35. The lowest BCUT2D eigenvalue weighted by molar-refractivity contribution is 0.177. The number of nitrogens with one attached hydrogen (secondary N) is 2. The highest BCUT2D eigenvalue weighted by molar-refractivity contribution is 7.03. The Morgan fingerprint density at radius 1 is 1.34 bits per heavy atom. The van der Waals surface area contributed by atoms with Crippen LogP contribution in [0.5, 0.6) is 0 Å². The van der Waals surface area contributed by atoms with Gasteiger partial charge in [0.05, 0.1) is 28.1 Å². The number of rotatable bonds is 2. The van der Waals surface area contributed by atoms with Crippen molar-refractivity contribution >= 4 is 34.9 Å². The molecule has 2 bridgehead atoms. The van der Waals surface area contributed by atoms with Crippen molar-refractivity contribution in [2.75, 3.05) is 5.32 Å². The minimum atomic E-state index is -0.585. The number of hydrogen-bond donors (Lipinski definition) is 2. The standard InChI is InChI=1S/C19H15ClFN5O2S/c20-12-8-15(13(21)7-11(12)14-3-4-29-25-14)22-19(28)26-10-1-2-16(26)18-9(5-10)6-17(27)23-24-18/h3-4,6-8,10,16H,1-2,5H2,(H,22,28)(H,23,27)/t10-,16?/m0/s1. The first kappa shape index (κ1) is 18.3. The molecular weight excluding hydrogens is 417 g/mol. The largest absolute Gasteiger partial charge is 0.322 e. The number of H-pyrrole nitrogens is 1. The molecule has 2 aliphatic heterocycles. The maximum absolute atomic E-state index is 14.7. The van der Waals surface area contributed by atoms with E-state index in [2.05, 4.69) is 19.9 Å². The van der Waals surface area contributed by atoms with Gasteiger partial charge in [-0.3, -0.25) is 4.79 Å². The topological polar surface area (TPSA) is 91.0 Å². The zero-order valence-electron chi connectivity index (χ0n) is 15.0. The van der Waals surface area contributed by atoms with Crippen LogP contribution in [-0.4, -0.2) is 31.5 Å². The zero-order valence-corrected chi connectivity index (χ0v) is 16.6. The number of carbonyl (C=O) groups excluding carboxylic acids is 1. The zero-order chi connectivity index (χ0) is 20.1. The van der Waals surface area contributed by atoms with E-state index in [9.17, 15) is 14.0 Å². The fraction of sp³-hybridized carbons (Fsp3) is 0.263. The van der Waals surface area contributed by atoms with Gasteiger partial charge in [0.2, 0.25) is 0 Å². The SMILES string of the molecule is O=C(Nc1cc(Cl)c(-c2ccsn2)cc1F)N1C2CC[C@H]1Cc1cc(=O)[nH]nc12. The highest BCUT2D eigenvalue weighted by Gasteiger charge is 2.44. The molecule has 1 saturated heterocycles. The van der Waals surface area contributed by atoms with Gasteiger partial charge in [0.1, 0.15) is 5.82 Å². The van der Waals surface area contributed by atoms with Crippen molar-refractivity contribution in [3.8, 4) is 11.3 Å². The minimum Gasteiger partial charge on any atom is -0.313 e. The molecule has 0 spiro atoms. The van der Waals surface area contributed by atoms with Gasteiger partial charge in [-0.1, -0.05) is 11.6 Å². The molecule has 29 heavy (non-hydrogen) atoms. The Bertz CT molecular complexity index is 1170. The third-order valence-corrected chi connectivity index (χ3v) is 6.31. The van der Waals surface area contributed by atoms with Crippen LogP contribution in [0.15, 0.2) is 34.4 Å². The van der Waals surface area contributed by atoms with E-state index in [4.69, 9.17) is 11.6 Å². The van der Waals surface area contributed by atoms with E-state index < -0.39 is 11.8 Å². The molecule has 5 rings (SSSR count). The van der Waals surface area contributed by atoms with Gasteiger partial charge < -0.3 is 10.2 Å². The number of aromatic nitrogens is 3. The highest BCUT2D eigenvalue weighted by atomic mass is 35.5. The normalized spacial score (nSPS) is 19.9. The number of amides is 2. The maximum Gasteiger partial charge on any atom is 0.322 e. The molecule has 2 amide bonds. The monoisotopic (exact) mass is 431 g/mol. The number of halogens is 2. The summed E-state index contributed by atoms with van der Waals surface area (Å²) in [5, 5.41) is 11.3. The minimum absolute atomic E-state index is 0.0126. The van der Waals surface area contributed by atoms with E-state index in [0.717, 1.165) is 18.4 Å². The van der Waals surface area contributed by atoms with Crippen LogP contribution in [-0.2, 0) is 6.42 Å².